The van der Waals surface area contributed by atoms with Gasteiger partial charge in [0.05, 0.1) is 0 Å². The van der Waals surface area contributed by atoms with Crippen molar-refractivity contribution >= 4 is 11.6 Å². The van der Waals surface area contributed by atoms with Crippen molar-refractivity contribution in [3.63, 3.8) is 0 Å². The molecule has 2 heteroatoms. The third-order valence-electron chi connectivity index (χ3n) is 3.70. The van der Waals surface area contributed by atoms with Crippen LogP contribution < -0.4 is 5.32 Å². The summed E-state index contributed by atoms with van der Waals surface area (Å²) in [6.07, 6.45) is 0. The van der Waals surface area contributed by atoms with Crippen LogP contribution in [0.2, 0.25) is 5.02 Å². The van der Waals surface area contributed by atoms with Crippen molar-refractivity contribution in [3.8, 4) is 0 Å². The minimum absolute atomic E-state index is 0.0814. The van der Waals surface area contributed by atoms with E-state index >= 15 is 0 Å². The Bertz CT molecular complexity index is 585. The molecule has 0 saturated carbocycles. The number of hydrogen-bond acceptors (Lipinski definition) is 1. The Morgan fingerprint density at radius 2 is 1.55 bits per heavy atom. The summed E-state index contributed by atoms with van der Waals surface area (Å²) in [5.74, 6) is 0. The van der Waals surface area contributed by atoms with E-state index in [1.807, 2.05) is 6.07 Å². The average Bonchev–Trinajstić information content (AvgIpc) is 2.38. The molecule has 2 aromatic rings. The molecule has 0 aromatic heterocycles. The molecule has 0 radical (unpaired) electrons. The van der Waals surface area contributed by atoms with E-state index in [0.29, 0.717) is 0 Å². The first-order valence-electron chi connectivity index (χ1n) is 6.96. The second-order valence-corrected chi connectivity index (χ2v) is 6.35. The molecular formula is C18H22ClN. The first kappa shape index (κ1) is 15.1. The molecule has 2 rings (SSSR count). The molecule has 0 aliphatic carbocycles. The first-order valence-corrected chi connectivity index (χ1v) is 7.33. The fraction of sp³-hybridized carbons (Fsp3) is 0.333. The van der Waals surface area contributed by atoms with Crippen molar-refractivity contribution in [3.05, 3.63) is 69.7 Å². The molecule has 0 aliphatic rings. The zero-order valence-corrected chi connectivity index (χ0v) is 13.4. The Hall–Kier alpha value is -1.31. The maximum atomic E-state index is 6.29. The van der Waals surface area contributed by atoms with Crippen LogP contribution in [0, 0.1) is 13.8 Å². The fourth-order valence-electron chi connectivity index (χ4n) is 2.18. The number of benzene rings is 2. The van der Waals surface area contributed by atoms with Crippen LogP contribution in [0.15, 0.2) is 42.5 Å². The van der Waals surface area contributed by atoms with E-state index in [1.54, 1.807) is 0 Å². The number of nitrogens with one attached hydrogen (secondary N) is 1. The molecule has 2 aromatic carbocycles. The van der Waals surface area contributed by atoms with Gasteiger partial charge in [-0.25, -0.2) is 0 Å². The average molecular weight is 288 g/mol. The van der Waals surface area contributed by atoms with E-state index in [1.165, 1.54) is 16.7 Å². The Balaban J connectivity index is 2.10. The van der Waals surface area contributed by atoms with Gasteiger partial charge in [-0.1, -0.05) is 53.6 Å². The molecule has 1 N–H and O–H groups in total. The number of aryl methyl sites for hydroxylation is 2. The van der Waals surface area contributed by atoms with Gasteiger partial charge in [0, 0.05) is 17.1 Å². The first-order chi connectivity index (χ1) is 9.38. The summed E-state index contributed by atoms with van der Waals surface area (Å²) in [6, 6.07) is 14.9. The summed E-state index contributed by atoms with van der Waals surface area (Å²) in [7, 11) is 0. The summed E-state index contributed by atoms with van der Waals surface area (Å²) in [6.45, 7) is 9.31. The zero-order valence-electron chi connectivity index (χ0n) is 12.6. The van der Waals surface area contributed by atoms with Crippen molar-refractivity contribution in [2.45, 2.75) is 39.8 Å². The van der Waals surface area contributed by atoms with Gasteiger partial charge in [-0.3, -0.25) is 0 Å². The molecule has 0 amide bonds. The van der Waals surface area contributed by atoms with Gasteiger partial charge in [0.1, 0.15) is 0 Å². The summed E-state index contributed by atoms with van der Waals surface area (Å²) in [5.41, 5.74) is 4.81. The molecule has 0 saturated heterocycles. The summed E-state index contributed by atoms with van der Waals surface area (Å²) >= 11 is 6.29. The van der Waals surface area contributed by atoms with Gasteiger partial charge in [-0.15, -0.1) is 0 Å². The van der Waals surface area contributed by atoms with Crippen molar-refractivity contribution < 1.29 is 0 Å². The van der Waals surface area contributed by atoms with Crippen LogP contribution in [0.3, 0.4) is 0 Å². The van der Waals surface area contributed by atoms with Crippen LogP contribution >= 0.6 is 11.6 Å². The second kappa shape index (κ2) is 5.99. The predicted octanol–water partition coefficient (Wildman–Crippen LogP) is 4.98. The molecule has 0 spiro atoms. The van der Waals surface area contributed by atoms with Crippen LogP contribution in [0.25, 0.3) is 0 Å². The molecule has 0 fully saturated rings. The quantitative estimate of drug-likeness (QED) is 0.836. The van der Waals surface area contributed by atoms with E-state index in [2.05, 4.69) is 69.4 Å². The van der Waals surface area contributed by atoms with Crippen LogP contribution in [-0.2, 0) is 12.1 Å². The highest BCUT2D eigenvalue weighted by Gasteiger charge is 2.19. The van der Waals surface area contributed by atoms with Crippen molar-refractivity contribution in [1.29, 1.82) is 0 Å². The highest BCUT2D eigenvalue weighted by molar-refractivity contribution is 6.31. The van der Waals surface area contributed by atoms with E-state index in [0.717, 1.165) is 17.1 Å². The monoisotopic (exact) mass is 287 g/mol. The van der Waals surface area contributed by atoms with Gasteiger partial charge in [-0.2, -0.15) is 0 Å². The van der Waals surface area contributed by atoms with E-state index in [4.69, 9.17) is 11.6 Å². The minimum Gasteiger partial charge on any atom is -0.304 e. The van der Waals surface area contributed by atoms with Gasteiger partial charge < -0.3 is 5.32 Å². The molecule has 0 atom stereocenters. The Morgan fingerprint density at radius 3 is 2.15 bits per heavy atom. The smallest absolute Gasteiger partial charge is 0.0453 e. The SMILES string of the molecule is Cc1ccc(C(C)(C)NCc2ccc(C)cc2Cl)cc1. The molecule has 0 aliphatic heterocycles. The van der Waals surface area contributed by atoms with E-state index < -0.39 is 0 Å². The summed E-state index contributed by atoms with van der Waals surface area (Å²) in [5, 5.41) is 4.42. The minimum atomic E-state index is -0.0814. The van der Waals surface area contributed by atoms with Gasteiger partial charge in [-0.05, 0) is 50.5 Å². The molecular weight excluding hydrogens is 266 g/mol. The molecule has 0 bridgehead atoms. The van der Waals surface area contributed by atoms with Crippen molar-refractivity contribution in [1.82, 2.24) is 5.32 Å². The number of hydrogen-bond donors (Lipinski definition) is 1. The Morgan fingerprint density at radius 1 is 0.950 bits per heavy atom. The van der Waals surface area contributed by atoms with Gasteiger partial charge in [0.2, 0.25) is 0 Å². The number of rotatable bonds is 4. The van der Waals surface area contributed by atoms with Crippen LogP contribution in [-0.4, -0.2) is 0 Å². The lowest BCUT2D eigenvalue weighted by Gasteiger charge is -2.27. The molecule has 0 heterocycles. The van der Waals surface area contributed by atoms with Crippen LogP contribution in [0.1, 0.15) is 36.1 Å². The lowest BCUT2D eigenvalue weighted by Crippen LogP contribution is -2.36. The largest absolute Gasteiger partial charge is 0.304 e. The molecule has 1 nitrogen and oxygen atoms in total. The van der Waals surface area contributed by atoms with Crippen LogP contribution in [0.5, 0.6) is 0 Å². The maximum absolute atomic E-state index is 6.29. The Kier molecular flexibility index (Phi) is 4.52. The predicted molar refractivity (Wildman–Crippen MR) is 87.2 cm³/mol. The third-order valence-corrected chi connectivity index (χ3v) is 4.05. The third kappa shape index (κ3) is 3.62. The van der Waals surface area contributed by atoms with E-state index in [-0.39, 0.29) is 5.54 Å². The number of halogens is 1. The van der Waals surface area contributed by atoms with Crippen molar-refractivity contribution in [2.75, 3.05) is 0 Å². The normalized spacial score (nSPS) is 11.7. The zero-order chi connectivity index (χ0) is 14.8. The Labute approximate surface area is 127 Å². The highest BCUT2D eigenvalue weighted by Crippen LogP contribution is 2.23. The van der Waals surface area contributed by atoms with Crippen LogP contribution in [0.4, 0.5) is 0 Å². The molecule has 106 valence electrons. The standard InChI is InChI=1S/C18H22ClN/c1-13-6-9-16(10-7-13)18(3,4)20-12-15-8-5-14(2)11-17(15)19/h5-11,20H,12H2,1-4H3. The second-order valence-electron chi connectivity index (χ2n) is 5.94. The van der Waals surface area contributed by atoms with Crippen molar-refractivity contribution in [2.24, 2.45) is 0 Å². The summed E-state index contributed by atoms with van der Waals surface area (Å²) < 4.78 is 0. The van der Waals surface area contributed by atoms with Gasteiger partial charge >= 0.3 is 0 Å². The fourth-order valence-corrected chi connectivity index (χ4v) is 2.49. The highest BCUT2D eigenvalue weighted by atomic mass is 35.5. The van der Waals surface area contributed by atoms with Gasteiger partial charge in [0.15, 0.2) is 0 Å². The molecule has 20 heavy (non-hydrogen) atoms. The molecule has 0 unspecified atom stereocenters. The lowest BCUT2D eigenvalue weighted by atomic mass is 9.93. The van der Waals surface area contributed by atoms with Gasteiger partial charge in [0.25, 0.3) is 0 Å². The summed E-state index contributed by atoms with van der Waals surface area (Å²) in [4.78, 5) is 0. The van der Waals surface area contributed by atoms with E-state index in [9.17, 15) is 0 Å². The lowest BCUT2D eigenvalue weighted by molar-refractivity contribution is 0.401. The maximum Gasteiger partial charge on any atom is 0.0453 e. The topological polar surface area (TPSA) is 12.0 Å².